The molecule has 3 amide bonds. The van der Waals surface area contributed by atoms with E-state index >= 15 is 0 Å². The zero-order valence-corrected chi connectivity index (χ0v) is 17.8. The number of hydrogen-bond acceptors (Lipinski definition) is 7. The van der Waals surface area contributed by atoms with E-state index in [0.29, 0.717) is 50.5 Å². The van der Waals surface area contributed by atoms with Crippen molar-refractivity contribution >= 4 is 17.7 Å². The molecule has 0 atom stereocenters. The molecule has 2 saturated heterocycles. The van der Waals surface area contributed by atoms with Gasteiger partial charge in [-0.3, -0.25) is 19.4 Å². The van der Waals surface area contributed by atoms with Crippen LogP contribution >= 0.6 is 0 Å². The van der Waals surface area contributed by atoms with Crippen molar-refractivity contribution in [1.82, 2.24) is 25.1 Å². The summed E-state index contributed by atoms with van der Waals surface area (Å²) in [7, 11) is 1.56. The number of nitrogens with two attached hydrogens (primary N) is 1. The first-order valence-electron chi connectivity index (χ1n) is 10.4. The van der Waals surface area contributed by atoms with Gasteiger partial charge in [0.25, 0.3) is 17.7 Å². The molecule has 1 aromatic heterocycles. The van der Waals surface area contributed by atoms with Gasteiger partial charge in [0, 0.05) is 25.2 Å². The van der Waals surface area contributed by atoms with E-state index in [-0.39, 0.29) is 35.9 Å². The summed E-state index contributed by atoms with van der Waals surface area (Å²) in [5.41, 5.74) is 6.21. The molecule has 11 heteroatoms. The molecule has 3 heterocycles. The van der Waals surface area contributed by atoms with Gasteiger partial charge in [-0.25, -0.2) is 9.69 Å². The van der Waals surface area contributed by atoms with E-state index in [9.17, 15) is 14.4 Å². The van der Waals surface area contributed by atoms with E-state index in [1.54, 1.807) is 36.4 Å². The van der Waals surface area contributed by atoms with Crippen molar-refractivity contribution in [2.24, 2.45) is 5.73 Å². The number of amides is 3. The van der Waals surface area contributed by atoms with Crippen molar-refractivity contribution in [2.45, 2.75) is 18.9 Å². The summed E-state index contributed by atoms with van der Waals surface area (Å²) < 4.78 is 11.7. The number of nitrogens with one attached hydrogen (secondary N) is 1. The van der Waals surface area contributed by atoms with Gasteiger partial charge in [0.1, 0.15) is 18.1 Å². The van der Waals surface area contributed by atoms with Crippen LogP contribution in [0.15, 0.2) is 30.3 Å². The predicted octanol–water partition coefficient (Wildman–Crippen LogP) is -0.0522. The number of morpholine rings is 1. The number of methoxy groups -OCH3 is 1. The SMILES string of the molecule is COc1ccc(-n2nc(C(N)=O)cc2C(=O)NC2CCN(N3CCOCC3=O)CC2)cc1. The number of ether oxygens (including phenoxy) is 2. The topological polar surface area (TPSA) is 132 Å². The van der Waals surface area contributed by atoms with Crippen molar-refractivity contribution in [1.29, 1.82) is 0 Å². The Labute approximate surface area is 185 Å². The number of carbonyl (C=O) groups is 3. The lowest BCUT2D eigenvalue weighted by atomic mass is 10.1. The number of carbonyl (C=O) groups excluding carboxylic acids is 3. The van der Waals surface area contributed by atoms with Crippen LogP contribution in [0.25, 0.3) is 5.69 Å². The third-order valence-electron chi connectivity index (χ3n) is 5.62. The third kappa shape index (κ3) is 4.58. The van der Waals surface area contributed by atoms with Crippen LogP contribution in [0.3, 0.4) is 0 Å². The lowest BCUT2D eigenvalue weighted by Gasteiger charge is -2.41. The molecule has 3 N–H and O–H groups in total. The molecule has 0 bridgehead atoms. The van der Waals surface area contributed by atoms with Gasteiger partial charge >= 0.3 is 0 Å². The molecule has 0 aliphatic carbocycles. The van der Waals surface area contributed by atoms with Gasteiger partial charge in [0.2, 0.25) is 0 Å². The molecule has 0 spiro atoms. The highest BCUT2D eigenvalue weighted by Gasteiger charge is 2.30. The van der Waals surface area contributed by atoms with E-state index < -0.39 is 5.91 Å². The summed E-state index contributed by atoms with van der Waals surface area (Å²) >= 11 is 0. The summed E-state index contributed by atoms with van der Waals surface area (Å²) in [6.45, 7) is 2.49. The molecule has 0 unspecified atom stereocenters. The number of hydrazine groups is 1. The van der Waals surface area contributed by atoms with Crippen LogP contribution in [0, 0.1) is 0 Å². The number of aromatic nitrogens is 2. The second-order valence-electron chi connectivity index (χ2n) is 7.66. The smallest absolute Gasteiger partial charge is 0.270 e. The first-order valence-corrected chi connectivity index (χ1v) is 10.4. The number of primary amides is 1. The van der Waals surface area contributed by atoms with Gasteiger partial charge in [-0.05, 0) is 37.1 Å². The molecule has 0 radical (unpaired) electrons. The first-order chi connectivity index (χ1) is 15.5. The molecule has 170 valence electrons. The van der Waals surface area contributed by atoms with Gasteiger partial charge in [-0.1, -0.05) is 0 Å². The van der Waals surface area contributed by atoms with Crippen LogP contribution in [0.5, 0.6) is 5.75 Å². The predicted molar refractivity (Wildman–Crippen MR) is 113 cm³/mol. The minimum Gasteiger partial charge on any atom is -0.497 e. The lowest BCUT2D eigenvalue weighted by molar-refractivity contribution is -0.167. The maximum absolute atomic E-state index is 13.1. The molecule has 4 rings (SSSR count). The number of rotatable bonds is 6. The molecule has 2 aliphatic rings. The van der Waals surface area contributed by atoms with E-state index in [2.05, 4.69) is 10.4 Å². The average Bonchev–Trinajstić information content (AvgIpc) is 3.26. The van der Waals surface area contributed by atoms with Crippen LogP contribution in [-0.2, 0) is 9.53 Å². The molecule has 0 saturated carbocycles. The van der Waals surface area contributed by atoms with Gasteiger partial charge in [-0.2, -0.15) is 5.10 Å². The molecule has 2 fully saturated rings. The van der Waals surface area contributed by atoms with Gasteiger partial charge < -0.3 is 20.5 Å². The molecule has 11 nitrogen and oxygen atoms in total. The molecule has 32 heavy (non-hydrogen) atoms. The Bertz CT molecular complexity index is 997. The Morgan fingerprint density at radius 2 is 1.91 bits per heavy atom. The zero-order chi connectivity index (χ0) is 22.7. The highest BCUT2D eigenvalue weighted by atomic mass is 16.5. The monoisotopic (exact) mass is 442 g/mol. The maximum Gasteiger partial charge on any atom is 0.270 e. The van der Waals surface area contributed by atoms with Crippen LogP contribution in [0.1, 0.15) is 33.8 Å². The molecule has 1 aromatic carbocycles. The quantitative estimate of drug-likeness (QED) is 0.641. The Balaban J connectivity index is 1.45. The maximum atomic E-state index is 13.1. The summed E-state index contributed by atoms with van der Waals surface area (Å²) in [5, 5.41) is 11.0. The highest BCUT2D eigenvalue weighted by Crippen LogP contribution is 2.19. The second-order valence-corrected chi connectivity index (χ2v) is 7.66. The minimum atomic E-state index is -0.713. The van der Waals surface area contributed by atoms with E-state index in [4.69, 9.17) is 15.2 Å². The molecular weight excluding hydrogens is 416 g/mol. The fourth-order valence-corrected chi connectivity index (χ4v) is 3.90. The second kappa shape index (κ2) is 9.37. The van der Waals surface area contributed by atoms with Crippen LogP contribution in [0.2, 0.25) is 0 Å². The summed E-state index contributed by atoms with van der Waals surface area (Å²) in [6, 6.07) is 8.29. The summed E-state index contributed by atoms with van der Waals surface area (Å²) in [5.74, 6) is -0.440. The fraction of sp³-hybridized carbons (Fsp3) is 0.429. The third-order valence-corrected chi connectivity index (χ3v) is 5.62. The van der Waals surface area contributed by atoms with Gasteiger partial charge in [0.05, 0.1) is 25.9 Å². The van der Waals surface area contributed by atoms with Gasteiger partial charge in [0.15, 0.2) is 5.69 Å². The summed E-state index contributed by atoms with van der Waals surface area (Å²) in [4.78, 5) is 36.8. The Hall–Kier alpha value is -3.44. The first kappa shape index (κ1) is 21.8. The Morgan fingerprint density at radius 1 is 1.19 bits per heavy atom. The standard InChI is InChI=1S/C21H26N6O5/c1-31-16-4-2-15(3-5-16)27-18(12-17(24-27)20(22)29)21(30)23-14-6-8-25(9-7-14)26-10-11-32-13-19(26)28/h2-5,12,14H,6-11,13H2,1H3,(H2,22,29)(H,23,30). The van der Waals surface area contributed by atoms with Crippen LogP contribution in [-0.4, -0.2) is 83.5 Å². The number of piperidine rings is 1. The lowest BCUT2D eigenvalue weighted by Crippen LogP contribution is -2.56. The largest absolute Gasteiger partial charge is 0.497 e. The van der Waals surface area contributed by atoms with Crippen molar-refractivity contribution in [2.75, 3.05) is 40.0 Å². The minimum absolute atomic E-state index is 0.00613. The van der Waals surface area contributed by atoms with E-state index in [1.807, 2.05) is 5.01 Å². The van der Waals surface area contributed by atoms with Gasteiger partial charge in [-0.15, -0.1) is 0 Å². The average molecular weight is 442 g/mol. The van der Waals surface area contributed by atoms with Crippen LogP contribution in [0.4, 0.5) is 0 Å². The van der Waals surface area contributed by atoms with Crippen molar-refractivity contribution < 1.29 is 23.9 Å². The van der Waals surface area contributed by atoms with Crippen molar-refractivity contribution in [3.8, 4) is 11.4 Å². The van der Waals surface area contributed by atoms with Crippen molar-refractivity contribution in [3.05, 3.63) is 41.7 Å². The molecule has 2 aliphatic heterocycles. The van der Waals surface area contributed by atoms with E-state index in [0.717, 1.165) is 0 Å². The summed E-state index contributed by atoms with van der Waals surface area (Å²) in [6.07, 6.45) is 1.38. The molecular formula is C21H26N6O5. The Kier molecular flexibility index (Phi) is 6.37. The highest BCUT2D eigenvalue weighted by molar-refractivity contribution is 5.97. The normalized spacial score (nSPS) is 17.9. The number of nitrogens with zero attached hydrogens (tertiary/aromatic N) is 4. The number of hydrogen-bond donors (Lipinski definition) is 2. The Morgan fingerprint density at radius 3 is 2.53 bits per heavy atom. The van der Waals surface area contributed by atoms with Crippen molar-refractivity contribution in [3.63, 3.8) is 0 Å². The zero-order valence-electron chi connectivity index (χ0n) is 17.8. The van der Waals surface area contributed by atoms with Crippen LogP contribution < -0.4 is 15.8 Å². The molecule has 2 aromatic rings. The fourth-order valence-electron chi connectivity index (χ4n) is 3.90. The van der Waals surface area contributed by atoms with E-state index in [1.165, 1.54) is 10.7 Å². The number of benzene rings is 1.